The highest BCUT2D eigenvalue weighted by molar-refractivity contribution is 5.89. The number of fused-ring (bicyclic) bond motifs is 3. The van der Waals surface area contributed by atoms with Gasteiger partial charge in [0.25, 0.3) is 0 Å². The van der Waals surface area contributed by atoms with Gasteiger partial charge >= 0.3 is 6.03 Å². The second kappa shape index (κ2) is 6.91. The van der Waals surface area contributed by atoms with Crippen molar-refractivity contribution >= 4 is 11.7 Å². The number of aryl methyl sites for hydroxylation is 1. The third kappa shape index (κ3) is 3.10. The van der Waals surface area contributed by atoms with Crippen LogP contribution in [-0.4, -0.2) is 15.5 Å². The lowest BCUT2D eigenvalue weighted by atomic mass is 10.1. The van der Waals surface area contributed by atoms with Crippen LogP contribution in [0.25, 0.3) is 5.69 Å². The Balaban J connectivity index is 1.71. The average Bonchev–Trinajstić information content (AvgIpc) is 3.09. The van der Waals surface area contributed by atoms with Crippen LogP contribution in [-0.2, 0) is 6.54 Å². The predicted molar refractivity (Wildman–Crippen MR) is 104 cm³/mol. The van der Waals surface area contributed by atoms with Crippen LogP contribution in [0.15, 0.2) is 60.8 Å². The Labute approximate surface area is 158 Å². The van der Waals surface area contributed by atoms with Gasteiger partial charge in [0, 0.05) is 17.6 Å². The number of hydrogen-bond acceptors (Lipinski definition) is 1. The molecule has 5 heteroatoms. The number of para-hydroxylation sites is 1. The van der Waals surface area contributed by atoms with Crippen LogP contribution < -0.4 is 5.32 Å². The van der Waals surface area contributed by atoms with Crippen molar-refractivity contribution in [1.29, 1.82) is 0 Å². The Morgan fingerprint density at radius 1 is 1.19 bits per heavy atom. The third-order valence-electron chi connectivity index (χ3n) is 5.16. The molecule has 138 valence electrons. The van der Waals surface area contributed by atoms with E-state index in [0.717, 1.165) is 23.4 Å². The summed E-state index contributed by atoms with van der Waals surface area (Å²) in [6.07, 6.45) is 2.82. The number of amides is 2. The predicted octanol–water partition coefficient (Wildman–Crippen LogP) is 5.42. The molecule has 0 saturated heterocycles. The average molecular weight is 363 g/mol. The first kappa shape index (κ1) is 17.3. The highest BCUT2D eigenvalue weighted by Gasteiger charge is 2.30. The molecule has 0 aliphatic carbocycles. The second-order valence-electron chi connectivity index (χ2n) is 6.88. The van der Waals surface area contributed by atoms with Crippen LogP contribution in [0.1, 0.15) is 36.2 Å². The zero-order valence-electron chi connectivity index (χ0n) is 15.4. The minimum absolute atomic E-state index is 0.0669. The van der Waals surface area contributed by atoms with Gasteiger partial charge in [-0.05, 0) is 54.8 Å². The zero-order chi connectivity index (χ0) is 19.0. The largest absolute Gasteiger partial charge is 0.322 e. The Kier molecular flexibility index (Phi) is 4.44. The highest BCUT2D eigenvalue weighted by atomic mass is 19.1. The fraction of sp³-hybridized carbons (Fsp3) is 0.227. The van der Waals surface area contributed by atoms with E-state index < -0.39 is 0 Å². The van der Waals surface area contributed by atoms with Crippen molar-refractivity contribution in [2.45, 2.75) is 32.9 Å². The maximum Gasteiger partial charge on any atom is 0.322 e. The van der Waals surface area contributed by atoms with Crippen LogP contribution in [0.2, 0.25) is 0 Å². The maximum absolute atomic E-state index is 13.9. The molecule has 1 N–H and O–H groups in total. The molecule has 2 aromatic carbocycles. The SMILES string of the molecule is CCC1c2cccn2-c2ccccc2CN1C(=O)Nc1ccc(C)c(F)c1. The monoisotopic (exact) mass is 363 g/mol. The van der Waals surface area contributed by atoms with E-state index in [4.69, 9.17) is 0 Å². The number of hydrogen-bond donors (Lipinski definition) is 1. The first-order valence-electron chi connectivity index (χ1n) is 9.17. The van der Waals surface area contributed by atoms with Gasteiger partial charge in [0.15, 0.2) is 0 Å². The summed E-state index contributed by atoms with van der Waals surface area (Å²) in [4.78, 5) is 14.9. The normalized spacial score (nSPS) is 15.7. The van der Waals surface area contributed by atoms with Crippen molar-refractivity contribution in [3.8, 4) is 5.69 Å². The number of halogens is 1. The van der Waals surface area contributed by atoms with Crippen molar-refractivity contribution in [1.82, 2.24) is 9.47 Å². The van der Waals surface area contributed by atoms with Crippen molar-refractivity contribution in [2.24, 2.45) is 0 Å². The van der Waals surface area contributed by atoms with Crippen LogP contribution in [0, 0.1) is 12.7 Å². The summed E-state index contributed by atoms with van der Waals surface area (Å²) < 4.78 is 16.0. The molecule has 1 aromatic heterocycles. The molecule has 1 atom stereocenters. The summed E-state index contributed by atoms with van der Waals surface area (Å²) in [5, 5.41) is 2.86. The minimum atomic E-state index is -0.324. The van der Waals surface area contributed by atoms with Gasteiger partial charge in [0.05, 0.1) is 18.3 Å². The molecular weight excluding hydrogens is 341 g/mol. The highest BCUT2D eigenvalue weighted by Crippen LogP contribution is 2.34. The molecule has 0 radical (unpaired) electrons. The van der Waals surface area contributed by atoms with E-state index in [0.29, 0.717) is 17.8 Å². The van der Waals surface area contributed by atoms with E-state index in [2.05, 4.69) is 28.9 Å². The molecule has 1 aliphatic heterocycles. The Hall–Kier alpha value is -3.08. The van der Waals surface area contributed by atoms with Gasteiger partial charge in [0.2, 0.25) is 0 Å². The van der Waals surface area contributed by atoms with Gasteiger partial charge in [-0.1, -0.05) is 31.2 Å². The molecule has 1 unspecified atom stereocenters. The van der Waals surface area contributed by atoms with Gasteiger partial charge in [-0.15, -0.1) is 0 Å². The van der Waals surface area contributed by atoms with Crippen molar-refractivity contribution in [3.05, 3.63) is 83.4 Å². The van der Waals surface area contributed by atoms with E-state index in [1.54, 1.807) is 19.1 Å². The molecule has 4 nitrogen and oxygen atoms in total. The van der Waals surface area contributed by atoms with E-state index in [1.807, 2.05) is 35.4 Å². The summed E-state index contributed by atoms with van der Waals surface area (Å²) in [7, 11) is 0. The summed E-state index contributed by atoms with van der Waals surface area (Å²) >= 11 is 0. The molecule has 0 spiro atoms. The van der Waals surface area contributed by atoms with E-state index >= 15 is 0 Å². The number of carbonyl (C=O) groups is 1. The molecule has 4 rings (SSSR count). The molecule has 2 amide bonds. The zero-order valence-corrected chi connectivity index (χ0v) is 15.4. The standard InChI is InChI=1S/C22H22FN3O/c1-3-19-21-9-6-12-25(21)20-8-5-4-7-16(20)14-26(19)22(27)24-17-11-10-15(2)18(23)13-17/h4-13,19H,3,14H2,1-2H3,(H,24,27). The van der Waals surface area contributed by atoms with Gasteiger partial charge < -0.3 is 14.8 Å². The number of aromatic nitrogens is 1. The number of rotatable bonds is 2. The summed E-state index contributed by atoms with van der Waals surface area (Å²) in [6.45, 7) is 4.27. The number of nitrogens with one attached hydrogen (secondary N) is 1. The number of benzene rings is 2. The van der Waals surface area contributed by atoms with Gasteiger partial charge in [-0.2, -0.15) is 0 Å². The number of urea groups is 1. The minimum Gasteiger partial charge on any atom is -0.318 e. The van der Waals surface area contributed by atoms with Crippen molar-refractivity contribution < 1.29 is 9.18 Å². The van der Waals surface area contributed by atoms with Crippen molar-refractivity contribution in [3.63, 3.8) is 0 Å². The quantitative estimate of drug-likeness (QED) is 0.648. The molecule has 3 aromatic rings. The molecule has 0 saturated carbocycles. The van der Waals surface area contributed by atoms with Crippen molar-refractivity contribution in [2.75, 3.05) is 5.32 Å². The van der Waals surface area contributed by atoms with E-state index in [-0.39, 0.29) is 17.9 Å². The Morgan fingerprint density at radius 3 is 2.78 bits per heavy atom. The Morgan fingerprint density at radius 2 is 2.00 bits per heavy atom. The lowest BCUT2D eigenvalue weighted by Gasteiger charge is -2.29. The first-order valence-corrected chi connectivity index (χ1v) is 9.17. The molecule has 2 heterocycles. The lowest BCUT2D eigenvalue weighted by Crippen LogP contribution is -2.37. The molecule has 27 heavy (non-hydrogen) atoms. The summed E-state index contributed by atoms with van der Waals surface area (Å²) in [5.41, 5.74) is 4.27. The molecular formula is C22H22FN3O. The molecule has 0 bridgehead atoms. The molecule has 1 aliphatic rings. The number of carbonyl (C=O) groups excluding carboxylic acids is 1. The lowest BCUT2D eigenvalue weighted by molar-refractivity contribution is 0.181. The van der Waals surface area contributed by atoms with E-state index in [1.165, 1.54) is 6.07 Å². The first-order chi connectivity index (χ1) is 13.1. The maximum atomic E-state index is 13.9. The second-order valence-corrected chi connectivity index (χ2v) is 6.88. The third-order valence-corrected chi connectivity index (χ3v) is 5.16. The van der Waals surface area contributed by atoms with Crippen LogP contribution in [0.5, 0.6) is 0 Å². The number of anilines is 1. The van der Waals surface area contributed by atoms with E-state index in [9.17, 15) is 9.18 Å². The molecule has 0 fully saturated rings. The van der Waals surface area contributed by atoms with Gasteiger partial charge in [-0.25, -0.2) is 9.18 Å². The van der Waals surface area contributed by atoms with Crippen LogP contribution in [0.3, 0.4) is 0 Å². The fourth-order valence-corrected chi connectivity index (χ4v) is 3.73. The fourth-order valence-electron chi connectivity index (χ4n) is 3.73. The number of nitrogens with zero attached hydrogens (tertiary/aromatic N) is 2. The topological polar surface area (TPSA) is 37.3 Å². The summed E-state index contributed by atoms with van der Waals surface area (Å²) in [6, 6.07) is 16.6. The smallest absolute Gasteiger partial charge is 0.318 e. The van der Waals surface area contributed by atoms with Gasteiger partial charge in [0.1, 0.15) is 5.82 Å². The summed E-state index contributed by atoms with van der Waals surface area (Å²) in [5.74, 6) is -0.324. The van der Waals surface area contributed by atoms with Crippen LogP contribution >= 0.6 is 0 Å². The van der Waals surface area contributed by atoms with Crippen LogP contribution in [0.4, 0.5) is 14.9 Å². The Bertz CT molecular complexity index is 995. The van der Waals surface area contributed by atoms with Gasteiger partial charge in [-0.3, -0.25) is 0 Å².